The van der Waals surface area contributed by atoms with E-state index in [2.05, 4.69) is 31.9 Å². The second-order valence-electron chi connectivity index (χ2n) is 3.58. The normalized spacial score (nSPS) is 12.5. The molecule has 0 saturated heterocycles. The number of hydrogen-bond acceptors (Lipinski definition) is 0. The van der Waals surface area contributed by atoms with Crippen LogP contribution >= 0.6 is 31.9 Å². The van der Waals surface area contributed by atoms with E-state index in [1.807, 2.05) is 24.3 Å². The molecule has 0 amide bonds. The van der Waals surface area contributed by atoms with Gasteiger partial charge in [-0.3, -0.25) is 0 Å². The Morgan fingerprint density at radius 1 is 0.941 bits per heavy atom. The Labute approximate surface area is 115 Å². The van der Waals surface area contributed by atoms with Crippen molar-refractivity contribution in [3.8, 4) is 0 Å². The average molecular weight is 362 g/mol. The van der Waals surface area contributed by atoms with Crippen molar-refractivity contribution in [1.82, 2.24) is 0 Å². The van der Waals surface area contributed by atoms with Crippen LogP contribution in [0.4, 0.5) is 8.78 Å². The lowest BCUT2D eigenvalue weighted by Crippen LogP contribution is -1.97. The molecule has 2 aromatic rings. The summed E-state index contributed by atoms with van der Waals surface area (Å²) in [5.74, 6) is -0.862. The molecule has 0 N–H and O–H groups in total. The molecule has 2 aromatic carbocycles. The van der Waals surface area contributed by atoms with Crippen molar-refractivity contribution in [2.45, 2.75) is 4.83 Å². The molecule has 0 heterocycles. The Balaban J connectivity index is 2.39. The van der Waals surface area contributed by atoms with Crippen molar-refractivity contribution in [1.29, 1.82) is 0 Å². The first kappa shape index (κ1) is 12.7. The number of benzene rings is 2. The van der Waals surface area contributed by atoms with Gasteiger partial charge < -0.3 is 0 Å². The van der Waals surface area contributed by atoms with Crippen LogP contribution in [0, 0.1) is 11.6 Å². The third kappa shape index (κ3) is 2.93. The molecule has 0 saturated carbocycles. The predicted molar refractivity (Wildman–Crippen MR) is 71.3 cm³/mol. The maximum atomic E-state index is 13.6. The quantitative estimate of drug-likeness (QED) is 0.644. The third-order valence-corrected chi connectivity index (χ3v) is 3.94. The zero-order chi connectivity index (χ0) is 12.4. The molecule has 0 aromatic heterocycles. The summed E-state index contributed by atoms with van der Waals surface area (Å²) in [6.45, 7) is 0. The zero-order valence-corrected chi connectivity index (χ0v) is 11.8. The van der Waals surface area contributed by atoms with Crippen LogP contribution in [-0.2, 0) is 0 Å². The molecule has 1 unspecified atom stereocenters. The average Bonchev–Trinajstić information content (AvgIpc) is 2.32. The van der Waals surface area contributed by atoms with Gasteiger partial charge in [-0.1, -0.05) is 44.0 Å². The van der Waals surface area contributed by atoms with Gasteiger partial charge in [-0.15, -0.1) is 0 Å². The Bertz CT molecular complexity index is 523. The van der Waals surface area contributed by atoms with Crippen molar-refractivity contribution < 1.29 is 8.78 Å². The van der Waals surface area contributed by atoms with Gasteiger partial charge in [0.05, 0.1) is 4.83 Å². The Kier molecular flexibility index (Phi) is 3.94. The van der Waals surface area contributed by atoms with Crippen molar-refractivity contribution in [2.24, 2.45) is 0 Å². The summed E-state index contributed by atoms with van der Waals surface area (Å²) >= 11 is 6.71. The second-order valence-corrected chi connectivity index (χ2v) is 5.41. The zero-order valence-electron chi connectivity index (χ0n) is 8.63. The van der Waals surface area contributed by atoms with E-state index in [0.29, 0.717) is 5.56 Å². The maximum absolute atomic E-state index is 13.6. The van der Waals surface area contributed by atoms with E-state index in [-0.39, 0.29) is 4.83 Å². The number of halogens is 4. The highest BCUT2D eigenvalue weighted by Gasteiger charge is 2.15. The van der Waals surface area contributed by atoms with Gasteiger partial charge in [0.1, 0.15) is 11.6 Å². The molecular weight excluding hydrogens is 354 g/mol. The largest absolute Gasteiger partial charge is 0.207 e. The van der Waals surface area contributed by atoms with E-state index in [1.54, 1.807) is 0 Å². The number of hydrogen-bond donors (Lipinski definition) is 0. The Morgan fingerprint density at radius 2 is 1.59 bits per heavy atom. The Morgan fingerprint density at radius 3 is 2.24 bits per heavy atom. The van der Waals surface area contributed by atoms with Gasteiger partial charge >= 0.3 is 0 Å². The highest BCUT2D eigenvalue weighted by molar-refractivity contribution is 9.10. The smallest absolute Gasteiger partial charge is 0.128 e. The molecular formula is C13H8Br2F2. The summed E-state index contributed by atoms with van der Waals surface area (Å²) in [6.07, 6.45) is 0. The first-order valence-corrected chi connectivity index (χ1v) is 6.63. The SMILES string of the molecule is Fc1ccc(F)c(C(Br)c2ccc(Br)cc2)c1. The molecule has 0 nitrogen and oxygen atoms in total. The molecule has 0 radical (unpaired) electrons. The molecule has 0 bridgehead atoms. The first-order valence-electron chi connectivity index (χ1n) is 4.92. The fraction of sp³-hybridized carbons (Fsp3) is 0.0769. The minimum atomic E-state index is -0.442. The predicted octanol–water partition coefficient (Wildman–Crippen LogP) is 5.21. The summed E-state index contributed by atoms with van der Waals surface area (Å²) in [5, 5.41) is 0. The van der Waals surface area contributed by atoms with Crippen molar-refractivity contribution >= 4 is 31.9 Å². The van der Waals surface area contributed by atoms with Gasteiger partial charge in [-0.2, -0.15) is 0 Å². The fourth-order valence-corrected chi connectivity index (χ4v) is 2.44. The molecule has 4 heteroatoms. The topological polar surface area (TPSA) is 0 Å². The van der Waals surface area contributed by atoms with Crippen molar-refractivity contribution in [3.63, 3.8) is 0 Å². The standard InChI is InChI=1S/C13H8Br2F2/c14-9-3-1-8(2-4-9)13(15)11-7-10(16)5-6-12(11)17/h1-7,13H. The summed E-state index contributed by atoms with van der Waals surface area (Å²) in [4.78, 5) is -0.355. The van der Waals surface area contributed by atoms with Crippen LogP contribution < -0.4 is 0 Å². The van der Waals surface area contributed by atoms with Gasteiger partial charge in [0, 0.05) is 10.0 Å². The van der Waals surface area contributed by atoms with Crippen molar-refractivity contribution in [2.75, 3.05) is 0 Å². The molecule has 0 aliphatic heterocycles. The van der Waals surface area contributed by atoms with Crippen molar-refractivity contribution in [3.05, 3.63) is 69.7 Å². The molecule has 2 rings (SSSR count). The van der Waals surface area contributed by atoms with Crippen LogP contribution in [0.2, 0.25) is 0 Å². The lowest BCUT2D eigenvalue weighted by molar-refractivity contribution is 0.588. The first-order chi connectivity index (χ1) is 8.08. The minimum Gasteiger partial charge on any atom is -0.207 e. The highest BCUT2D eigenvalue weighted by atomic mass is 79.9. The maximum Gasteiger partial charge on any atom is 0.128 e. The van der Waals surface area contributed by atoms with Crippen LogP contribution in [0.15, 0.2) is 46.9 Å². The molecule has 0 spiro atoms. The number of rotatable bonds is 2. The highest BCUT2D eigenvalue weighted by Crippen LogP contribution is 2.33. The fourth-order valence-electron chi connectivity index (χ4n) is 1.52. The van der Waals surface area contributed by atoms with Gasteiger partial charge in [0.25, 0.3) is 0 Å². The van der Waals surface area contributed by atoms with Gasteiger partial charge in [-0.25, -0.2) is 8.78 Å². The van der Waals surface area contributed by atoms with Crippen LogP contribution in [0.3, 0.4) is 0 Å². The number of alkyl halides is 1. The van der Waals surface area contributed by atoms with Crippen LogP contribution in [0.1, 0.15) is 16.0 Å². The summed E-state index contributed by atoms with van der Waals surface area (Å²) < 4.78 is 27.6. The van der Waals surface area contributed by atoms with Crippen LogP contribution in [-0.4, -0.2) is 0 Å². The van der Waals surface area contributed by atoms with Crippen LogP contribution in [0.5, 0.6) is 0 Å². The lowest BCUT2D eigenvalue weighted by atomic mass is 10.0. The van der Waals surface area contributed by atoms with E-state index in [0.717, 1.165) is 22.2 Å². The van der Waals surface area contributed by atoms with E-state index < -0.39 is 11.6 Å². The van der Waals surface area contributed by atoms with Gasteiger partial charge in [0.2, 0.25) is 0 Å². The summed E-state index contributed by atoms with van der Waals surface area (Å²) in [5.41, 5.74) is 1.17. The molecule has 1 atom stereocenters. The summed E-state index contributed by atoms with van der Waals surface area (Å²) in [7, 11) is 0. The molecule has 0 aliphatic carbocycles. The molecule has 0 fully saturated rings. The molecule has 17 heavy (non-hydrogen) atoms. The third-order valence-electron chi connectivity index (χ3n) is 2.39. The Hall–Kier alpha value is -0.740. The lowest BCUT2D eigenvalue weighted by Gasteiger charge is -2.12. The monoisotopic (exact) mass is 360 g/mol. The van der Waals surface area contributed by atoms with E-state index >= 15 is 0 Å². The molecule has 88 valence electrons. The van der Waals surface area contributed by atoms with E-state index in [9.17, 15) is 8.78 Å². The van der Waals surface area contributed by atoms with E-state index in [4.69, 9.17) is 0 Å². The molecule has 0 aliphatic rings. The minimum absolute atomic E-state index is 0.298. The van der Waals surface area contributed by atoms with E-state index in [1.165, 1.54) is 6.07 Å². The van der Waals surface area contributed by atoms with Gasteiger partial charge in [0.15, 0.2) is 0 Å². The van der Waals surface area contributed by atoms with Crippen LogP contribution in [0.25, 0.3) is 0 Å². The summed E-state index contributed by atoms with van der Waals surface area (Å²) in [6, 6.07) is 10.9. The second kappa shape index (κ2) is 5.27. The van der Waals surface area contributed by atoms with Gasteiger partial charge in [-0.05, 0) is 35.9 Å².